The van der Waals surface area contributed by atoms with Gasteiger partial charge in [0.05, 0.1) is 0 Å². The molecule has 0 aliphatic heterocycles. The average molecular weight is 187 g/mol. The van der Waals surface area contributed by atoms with Gasteiger partial charge in [-0.15, -0.1) is 0 Å². The molecule has 1 aromatic carbocycles. The topological polar surface area (TPSA) is 4.36 Å². The molecular formula is C13H17N. The molecule has 14 heavy (non-hydrogen) atoms. The van der Waals surface area contributed by atoms with Crippen molar-refractivity contribution in [2.24, 2.45) is 0 Å². The molecule has 0 N–H and O–H groups in total. The van der Waals surface area contributed by atoms with Crippen molar-refractivity contribution in [2.45, 2.75) is 39.7 Å². The summed E-state index contributed by atoms with van der Waals surface area (Å²) in [6, 6.07) is 6.44. The lowest BCUT2D eigenvalue weighted by atomic mass is 9.85. The van der Waals surface area contributed by atoms with Gasteiger partial charge in [-0.1, -0.05) is 32.4 Å². The first-order valence-electron chi connectivity index (χ1n) is 4.88. The predicted molar refractivity (Wildman–Crippen MR) is 60.2 cm³/mol. The summed E-state index contributed by atoms with van der Waals surface area (Å²) in [5, 5.41) is 0. The second-order valence-electron chi connectivity index (χ2n) is 4.77. The minimum absolute atomic E-state index is 0.169. The second-order valence-corrected chi connectivity index (χ2v) is 4.77. The molecule has 0 atom stereocenters. The van der Waals surface area contributed by atoms with Crippen LogP contribution in [0.15, 0.2) is 18.2 Å². The van der Waals surface area contributed by atoms with E-state index in [1.807, 2.05) is 0 Å². The van der Waals surface area contributed by atoms with Crippen molar-refractivity contribution in [1.82, 2.24) is 0 Å². The van der Waals surface area contributed by atoms with E-state index in [1.165, 1.54) is 11.1 Å². The number of hydrogen-bond donors (Lipinski definition) is 0. The molecule has 0 radical (unpaired) electrons. The van der Waals surface area contributed by atoms with E-state index in [0.717, 1.165) is 5.56 Å². The zero-order valence-corrected chi connectivity index (χ0v) is 9.39. The lowest BCUT2D eigenvalue weighted by Gasteiger charge is -2.20. The first-order chi connectivity index (χ1) is 6.43. The van der Waals surface area contributed by atoms with Crippen LogP contribution in [0.2, 0.25) is 0 Å². The Morgan fingerprint density at radius 3 is 2.36 bits per heavy atom. The fourth-order valence-corrected chi connectivity index (χ4v) is 1.48. The Bertz CT molecular complexity index is 364. The SMILES string of the molecule is [C-]#[N+]Cc1cc(C)cc(C(C)(C)C)c1. The molecule has 0 aliphatic carbocycles. The van der Waals surface area contributed by atoms with E-state index in [1.54, 1.807) is 0 Å². The van der Waals surface area contributed by atoms with Crippen LogP contribution in [0.1, 0.15) is 37.5 Å². The predicted octanol–water partition coefficient (Wildman–Crippen LogP) is 3.71. The van der Waals surface area contributed by atoms with Crippen LogP contribution in [-0.4, -0.2) is 0 Å². The van der Waals surface area contributed by atoms with Gasteiger partial charge in [0.1, 0.15) is 0 Å². The number of rotatable bonds is 1. The lowest BCUT2D eigenvalue weighted by Crippen LogP contribution is -2.11. The largest absolute Gasteiger partial charge is 0.312 e. The minimum Gasteiger partial charge on any atom is -0.312 e. The van der Waals surface area contributed by atoms with Gasteiger partial charge in [0, 0.05) is 5.56 Å². The maximum Gasteiger partial charge on any atom is 0.239 e. The molecule has 0 heterocycles. The van der Waals surface area contributed by atoms with Crippen molar-refractivity contribution in [3.8, 4) is 0 Å². The molecule has 1 rings (SSSR count). The molecule has 1 nitrogen and oxygen atoms in total. The van der Waals surface area contributed by atoms with Crippen molar-refractivity contribution >= 4 is 0 Å². The Morgan fingerprint density at radius 1 is 1.21 bits per heavy atom. The third-order valence-corrected chi connectivity index (χ3v) is 2.26. The van der Waals surface area contributed by atoms with Crippen molar-refractivity contribution in [3.63, 3.8) is 0 Å². The maximum atomic E-state index is 6.86. The van der Waals surface area contributed by atoms with E-state index in [0.29, 0.717) is 6.54 Å². The maximum absolute atomic E-state index is 6.86. The highest BCUT2D eigenvalue weighted by atomic mass is 14.6. The van der Waals surface area contributed by atoms with Gasteiger partial charge in [-0.2, -0.15) is 0 Å². The number of aryl methyl sites for hydroxylation is 1. The summed E-state index contributed by atoms with van der Waals surface area (Å²) in [4.78, 5) is 3.42. The Morgan fingerprint density at radius 2 is 1.86 bits per heavy atom. The van der Waals surface area contributed by atoms with Crippen LogP contribution in [0.25, 0.3) is 4.85 Å². The smallest absolute Gasteiger partial charge is 0.239 e. The molecule has 1 heteroatoms. The first kappa shape index (κ1) is 10.8. The molecule has 0 fully saturated rings. The molecule has 0 aliphatic rings. The summed E-state index contributed by atoms with van der Waals surface area (Å²) in [5.41, 5.74) is 3.86. The molecule has 1 aromatic rings. The van der Waals surface area contributed by atoms with Gasteiger partial charge in [0.15, 0.2) is 0 Å². The highest BCUT2D eigenvalue weighted by Gasteiger charge is 2.14. The third-order valence-electron chi connectivity index (χ3n) is 2.26. The Labute approximate surface area is 86.6 Å². The number of hydrogen-bond acceptors (Lipinski definition) is 0. The van der Waals surface area contributed by atoms with E-state index in [4.69, 9.17) is 6.57 Å². The molecule has 0 amide bonds. The van der Waals surface area contributed by atoms with Gasteiger partial charge in [0.25, 0.3) is 0 Å². The van der Waals surface area contributed by atoms with Crippen molar-refractivity contribution in [3.05, 3.63) is 46.3 Å². The van der Waals surface area contributed by atoms with Crippen LogP contribution < -0.4 is 0 Å². The fraction of sp³-hybridized carbons (Fsp3) is 0.462. The molecule has 0 aromatic heterocycles. The standard InChI is InChI=1S/C13H17N/c1-10-6-11(9-14-5)8-12(7-10)13(2,3)4/h6-8H,9H2,1-4H3. The van der Waals surface area contributed by atoms with Crippen LogP contribution >= 0.6 is 0 Å². The van der Waals surface area contributed by atoms with Crippen LogP contribution in [0.5, 0.6) is 0 Å². The monoisotopic (exact) mass is 187 g/mol. The summed E-state index contributed by atoms with van der Waals surface area (Å²) in [7, 11) is 0. The summed E-state index contributed by atoms with van der Waals surface area (Å²) in [5.74, 6) is 0. The van der Waals surface area contributed by atoms with Gasteiger partial charge in [-0.3, -0.25) is 0 Å². The quantitative estimate of drug-likeness (QED) is 0.590. The van der Waals surface area contributed by atoms with Crippen LogP contribution in [0.4, 0.5) is 0 Å². The molecule has 0 saturated heterocycles. The van der Waals surface area contributed by atoms with Crippen LogP contribution in [0, 0.1) is 13.5 Å². The van der Waals surface area contributed by atoms with E-state index < -0.39 is 0 Å². The van der Waals surface area contributed by atoms with Crippen LogP contribution in [-0.2, 0) is 12.0 Å². The third kappa shape index (κ3) is 2.60. The van der Waals surface area contributed by atoms with Crippen molar-refractivity contribution < 1.29 is 0 Å². The highest BCUT2D eigenvalue weighted by molar-refractivity contribution is 5.33. The molecular weight excluding hydrogens is 170 g/mol. The molecule has 0 spiro atoms. The average Bonchev–Trinajstić information content (AvgIpc) is 2.02. The second kappa shape index (κ2) is 3.84. The molecule has 0 unspecified atom stereocenters. The van der Waals surface area contributed by atoms with E-state index in [-0.39, 0.29) is 5.41 Å². The molecule has 74 valence electrons. The zero-order chi connectivity index (χ0) is 10.8. The van der Waals surface area contributed by atoms with Gasteiger partial charge < -0.3 is 4.85 Å². The van der Waals surface area contributed by atoms with Gasteiger partial charge in [-0.25, -0.2) is 6.57 Å². The Balaban J connectivity index is 3.15. The normalized spacial score (nSPS) is 11.1. The summed E-state index contributed by atoms with van der Waals surface area (Å²) >= 11 is 0. The minimum atomic E-state index is 0.169. The van der Waals surface area contributed by atoms with Gasteiger partial charge >= 0.3 is 0 Å². The first-order valence-corrected chi connectivity index (χ1v) is 4.88. The zero-order valence-electron chi connectivity index (χ0n) is 9.39. The van der Waals surface area contributed by atoms with Gasteiger partial charge in [0.2, 0.25) is 6.54 Å². The lowest BCUT2D eigenvalue weighted by molar-refractivity contribution is 0.589. The van der Waals surface area contributed by atoms with E-state index in [9.17, 15) is 0 Å². The number of benzene rings is 1. The summed E-state index contributed by atoms with van der Waals surface area (Å²) in [6.45, 7) is 16.0. The summed E-state index contributed by atoms with van der Waals surface area (Å²) < 4.78 is 0. The fourth-order valence-electron chi connectivity index (χ4n) is 1.48. The van der Waals surface area contributed by atoms with Gasteiger partial charge in [-0.05, 0) is 30.0 Å². The van der Waals surface area contributed by atoms with Crippen molar-refractivity contribution in [2.75, 3.05) is 0 Å². The highest BCUT2D eigenvalue weighted by Crippen LogP contribution is 2.24. The Kier molecular flexibility index (Phi) is 2.96. The number of nitrogens with zero attached hydrogens (tertiary/aromatic N) is 1. The molecule has 0 bridgehead atoms. The van der Waals surface area contributed by atoms with Crippen molar-refractivity contribution in [1.29, 1.82) is 0 Å². The Hall–Kier alpha value is -1.29. The van der Waals surface area contributed by atoms with E-state index in [2.05, 4.69) is 50.7 Å². The van der Waals surface area contributed by atoms with Crippen LogP contribution in [0.3, 0.4) is 0 Å². The summed E-state index contributed by atoms with van der Waals surface area (Å²) in [6.07, 6.45) is 0. The molecule has 0 saturated carbocycles. The van der Waals surface area contributed by atoms with E-state index >= 15 is 0 Å².